The molecule has 1 amide bonds. The van der Waals surface area contributed by atoms with Gasteiger partial charge in [-0.15, -0.1) is 0 Å². The van der Waals surface area contributed by atoms with Crippen molar-refractivity contribution in [1.82, 2.24) is 15.1 Å². The topological polar surface area (TPSA) is 89.5 Å². The summed E-state index contributed by atoms with van der Waals surface area (Å²) in [5.74, 6) is 0.137. The zero-order valence-electron chi connectivity index (χ0n) is 13.3. The summed E-state index contributed by atoms with van der Waals surface area (Å²) in [5.41, 5.74) is 2.79. The fraction of sp³-hybridized carbons (Fsp3) is 0.750. The average Bonchev–Trinajstić information content (AvgIpc) is 2.84. The van der Waals surface area contributed by atoms with E-state index in [1.54, 1.807) is 0 Å². The summed E-state index contributed by atoms with van der Waals surface area (Å²) in [7, 11) is 0. The molecule has 122 valence electrons. The molecule has 1 saturated carbocycles. The van der Waals surface area contributed by atoms with Crippen LogP contribution >= 0.6 is 0 Å². The van der Waals surface area contributed by atoms with E-state index >= 15 is 0 Å². The van der Waals surface area contributed by atoms with Crippen molar-refractivity contribution in [1.29, 1.82) is 0 Å². The Morgan fingerprint density at radius 1 is 1.32 bits per heavy atom. The third-order valence-corrected chi connectivity index (χ3v) is 5.75. The van der Waals surface area contributed by atoms with E-state index in [1.807, 2.05) is 18.7 Å². The van der Waals surface area contributed by atoms with Gasteiger partial charge in [0.15, 0.2) is 0 Å². The van der Waals surface area contributed by atoms with Crippen molar-refractivity contribution in [3.8, 4) is 0 Å². The highest BCUT2D eigenvalue weighted by molar-refractivity contribution is 5.76. The van der Waals surface area contributed by atoms with E-state index in [-0.39, 0.29) is 11.3 Å². The Kier molecular flexibility index (Phi) is 3.99. The number of H-pyrrole nitrogens is 1. The third-order valence-electron chi connectivity index (χ3n) is 5.75. The first-order chi connectivity index (χ1) is 10.4. The largest absolute Gasteiger partial charge is 0.392 e. The van der Waals surface area contributed by atoms with Gasteiger partial charge in [-0.3, -0.25) is 9.89 Å². The van der Waals surface area contributed by atoms with Gasteiger partial charge in [0, 0.05) is 43.5 Å². The molecular formula is C16H25N3O3. The number of likely N-dealkylation sites (tertiary alicyclic amines) is 1. The molecule has 0 radical (unpaired) electrons. The standard InChI is InChI=1S/C16H25N3O3/c1-10-11(2)17-18-12(10)3-4-15(22)19-7-5-16(6-8-19)13(20)9-14(16)21/h13-14,20-21H,3-9H2,1-2H3,(H,17,18)/t13-,14+. The highest BCUT2D eigenvalue weighted by Crippen LogP contribution is 2.49. The molecule has 2 atom stereocenters. The summed E-state index contributed by atoms with van der Waals surface area (Å²) >= 11 is 0. The van der Waals surface area contributed by atoms with Gasteiger partial charge in [-0.1, -0.05) is 0 Å². The van der Waals surface area contributed by atoms with Gasteiger partial charge in [0.2, 0.25) is 5.91 Å². The van der Waals surface area contributed by atoms with E-state index < -0.39 is 12.2 Å². The normalized spacial score (nSPS) is 27.0. The molecule has 0 bridgehead atoms. The molecule has 0 aromatic carbocycles. The van der Waals surface area contributed by atoms with Crippen molar-refractivity contribution in [3.63, 3.8) is 0 Å². The number of carbonyl (C=O) groups is 1. The van der Waals surface area contributed by atoms with Crippen LogP contribution in [0.3, 0.4) is 0 Å². The first-order valence-electron chi connectivity index (χ1n) is 8.08. The van der Waals surface area contributed by atoms with Crippen LogP contribution in [0.4, 0.5) is 0 Å². The summed E-state index contributed by atoms with van der Waals surface area (Å²) in [4.78, 5) is 14.2. The van der Waals surface area contributed by atoms with Crippen LogP contribution in [0, 0.1) is 19.3 Å². The van der Waals surface area contributed by atoms with Crippen LogP contribution in [-0.4, -0.2) is 56.5 Å². The molecule has 6 heteroatoms. The highest BCUT2D eigenvalue weighted by Gasteiger charge is 2.55. The molecule has 1 aliphatic heterocycles. The molecule has 2 aliphatic rings. The Balaban J connectivity index is 1.51. The Hall–Kier alpha value is -1.40. The molecule has 2 fully saturated rings. The minimum atomic E-state index is -0.408. The van der Waals surface area contributed by atoms with Crippen molar-refractivity contribution in [2.24, 2.45) is 5.41 Å². The molecular weight excluding hydrogens is 282 g/mol. The van der Waals surface area contributed by atoms with Crippen LogP contribution in [-0.2, 0) is 11.2 Å². The van der Waals surface area contributed by atoms with E-state index in [0.29, 0.717) is 45.2 Å². The summed E-state index contributed by atoms with van der Waals surface area (Å²) in [5, 5.41) is 27.0. The predicted octanol–water partition coefficient (Wildman–Crippen LogP) is 0.693. The Morgan fingerprint density at radius 2 is 1.95 bits per heavy atom. The fourth-order valence-corrected chi connectivity index (χ4v) is 3.74. The fourth-order valence-electron chi connectivity index (χ4n) is 3.74. The molecule has 0 unspecified atom stereocenters. The maximum Gasteiger partial charge on any atom is 0.222 e. The lowest BCUT2D eigenvalue weighted by Gasteiger charge is -2.55. The quantitative estimate of drug-likeness (QED) is 0.766. The van der Waals surface area contributed by atoms with Crippen molar-refractivity contribution in [2.75, 3.05) is 13.1 Å². The first-order valence-corrected chi connectivity index (χ1v) is 8.08. The predicted molar refractivity (Wildman–Crippen MR) is 81.3 cm³/mol. The van der Waals surface area contributed by atoms with Crippen LogP contribution in [0.15, 0.2) is 0 Å². The number of aliphatic hydroxyl groups is 2. The van der Waals surface area contributed by atoms with Crippen LogP contribution < -0.4 is 0 Å². The van der Waals surface area contributed by atoms with Crippen molar-refractivity contribution < 1.29 is 15.0 Å². The molecule has 2 heterocycles. The molecule has 1 aliphatic carbocycles. The number of hydrogen-bond donors (Lipinski definition) is 3. The van der Waals surface area contributed by atoms with Crippen molar-refractivity contribution >= 4 is 5.91 Å². The number of aryl methyl sites for hydroxylation is 2. The SMILES string of the molecule is Cc1[nH]nc(CCC(=O)N2CCC3(CC2)[C@H](O)C[C@@H]3O)c1C. The highest BCUT2D eigenvalue weighted by atomic mass is 16.3. The van der Waals surface area contributed by atoms with E-state index in [9.17, 15) is 15.0 Å². The molecule has 22 heavy (non-hydrogen) atoms. The monoisotopic (exact) mass is 307 g/mol. The Labute approximate surface area is 130 Å². The number of nitrogens with zero attached hydrogens (tertiary/aromatic N) is 2. The minimum Gasteiger partial charge on any atom is -0.392 e. The molecule has 1 aromatic heterocycles. The van der Waals surface area contributed by atoms with E-state index in [2.05, 4.69) is 10.2 Å². The van der Waals surface area contributed by atoms with Crippen LogP contribution in [0.1, 0.15) is 42.6 Å². The van der Waals surface area contributed by atoms with Crippen molar-refractivity contribution in [2.45, 2.75) is 58.2 Å². The van der Waals surface area contributed by atoms with Gasteiger partial charge in [-0.05, 0) is 32.3 Å². The van der Waals surface area contributed by atoms with Gasteiger partial charge < -0.3 is 15.1 Å². The summed E-state index contributed by atoms with van der Waals surface area (Å²) in [6, 6.07) is 0. The van der Waals surface area contributed by atoms with Crippen LogP contribution in [0.2, 0.25) is 0 Å². The number of carbonyl (C=O) groups excluding carboxylic acids is 1. The molecule has 1 aromatic rings. The number of rotatable bonds is 3. The minimum absolute atomic E-state index is 0.137. The lowest BCUT2D eigenvalue weighted by Crippen LogP contribution is -2.61. The van der Waals surface area contributed by atoms with Crippen LogP contribution in [0.25, 0.3) is 0 Å². The number of aliphatic hydroxyl groups excluding tert-OH is 2. The number of aromatic nitrogens is 2. The lowest BCUT2D eigenvalue weighted by molar-refractivity contribution is -0.191. The zero-order chi connectivity index (χ0) is 15.9. The molecule has 6 nitrogen and oxygen atoms in total. The Bertz CT molecular complexity index is 551. The number of amides is 1. The molecule has 1 saturated heterocycles. The van der Waals surface area contributed by atoms with Gasteiger partial charge in [-0.25, -0.2) is 0 Å². The average molecular weight is 307 g/mol. The summed E-state index contributed by atoms with van der Waals surface area (Å²) in [6.45, 7) is 5.26. The number of hydrogen-bond acceptors (Lipinski definition) is 4. The second-order valence-electron chi connectivity index (χ2n) is 6.80. The van der Waals surface area contributed by atoms with E-state index in [4.69, 9.17) is 0 Å². The second kappa shape index (κ2) is 5.66. The summed E-state index contributed by atoms with van der Waals surface area (Å²) < 4.78 is 0. The Morgan fingerprint density at radius 3 is 2.45 bits per heavy atom. The molecule has 3 rings (SSSR count). The second-order valence-corrected chi connectivity index (χ2v) is 6.80. The number of nitrogens with one attached hydrogen (secondary N) is 1. The van der Waals surface area contributed by atoms with Gasteiger partial charge >= 0.3 is 0 Å². The third kappa shape index (κ3) is 2.44. The van der Waals surface area contributed by atoms with Gasteiger partial charge in [0.25, 0.3) is 0 Å². The van der Waals surface area contributed by atoms with E-state index in [1.165, 1.54) is 0 Å². The first kappa shape index (κ1) is 15.5. The van der Waals surface area contributed by atoms with Gasteiger partial charge in [0.05, 0.1) is 17.9 Å². The smallest absolute Gasteiger partial charge is 0.222 e. The maximum absolute atomic E-state index is 12.3. The van der Waals surface area contributed by atoms with E-state index in [0.717, 1.165) is 17.0 Å². The van der Waals surface area contributed by atoms with Gasteiger partial charge in [-0.2, -0.15) is 5.10 Å². The summed E-state index contributed by atoms with van der Waals surface area (Å²) in [6.07, 6.45) is 2.17. The van der Waals surface area contributed by atoms with Crippen molar-refractivity contribution in [3.05, 3.63) is 17.0 Å². The van der Waals surface area contributed by atoms with Gasteiger partial charge in [0.1, 0.15) is 0 Å². The van der Waals surface area contributed by atoms with Crippen LogP contribution in [0.5, 0.6) is 0 Å². The molecule has 3 N–H and O–H groups in total. The molecule has 1 spiro atoms. The maximum atomic E-state index is 12.3. The zero-order valence-corrected chi connectivity index (χ0v) is 13.3. The number of piperidine rings is 1. The lowest BCUT2D eigenvalue weighted by atomic mass is 9.58. The number of aromatic amines is 1.